The lowest BCUT2D eigenvalue weighted by molar-refractivity contribution is 1.19. The molecule has 2 heterocycles. The molecule has 2 heteroatoms. The summed E-state index contributed by atoms with van der Waals surface area (Å²) < 4.78 is 0. The summed E-state index contributed by atoms with van der Waals surface area (Å²) in [6.07, 6.45) is 2.71. The van der Waals surface area contributed by atoms with Crippen LogP contribution in [0.15, 0.2) is 109 Å². The molecule has 0 unspecified atom stereocenters. The largest absolute Gasteiger partial charge is 0.256 e. The monoisotopic (exact) mass is 372 g/mol. The maximum atomic E-state index is 4.90. The van der Waals surface area contributed by atoms with Gasteiger partial charge in [0, 0.05) is 22.7 Å². The summed E-state index contributed by atoms with van der Waals surface area (Å²) in [5.41, 5.74) is 7.82. The topological polar surface area (TPSA) is 25.8 Å². The Kier molecular flexibility index (Phi) is 4.59. The highest BCUT2D eigenvalue weighted by atomic mass is 14.7. The van der Waals surface area contributed by atoms with Crippen LogP contribution >= 0.6 is 0 Å². The van der Waals surface area contributed by atoms with Gasteiger partial charge in [0.25, 0.3) is 0 Å². The summed E-state index contributed by atoms with van der Waals surface area (Å²) in [6, 6.07) is 35.6. The van der Waals surface area contributed by atoms with E-state index >= 15 is 0 Å². The van der Waals surface area contributed by atoms with Crippen LogP contribution in [0.4, 0.5) is 0 Å². The van der Waals surface area contributed by atoms with Crippen LogP contribution in [-0.2, 0) is 6.42 Å². The normalized spacial score (nSPS) is 10.9. The van der Waals surface area contributed by atoms with Crippen LogP contribution in [0.2, 0.25) is 0 Å². The Morgan fingerprint density at radius 3 is 2.21 bits per heavy atom. The Balaban J connectivity index is 1.49. The van der Waals surface area contributed by atoms with Crippen molar-refractivity contribution in [2.24, 2.45) is 0 Å². The number of fused-ring (bicyclic) bond motifs is 1. The van der Waals surface area contributed by atoms with Gasteiger partial charge in [0.15, 0.2) is 0 Å². The van der Waals surface area contributed by atoms with Crippen molar-refractivity contribution in [3.8, 4) is 22.5 Å². The van der Waals surface area contributed by atoms with E-state index in [4.69, 9.17) is 4.98 Å². The summed E-state index contributed by atoms with van der Waals surface area (Å²) >= 11 is 0. The predicted molar refractivity (Wildman–Crippen MR) is 120 cm³/mol. The van der Waals surface area contributed by atoms with E-state index in [1.165, 1.54) is 16.5 Å². The minimum Gasteiger partial charge on any atom is -0.256 e. The molecule has 0 amide bonds. The van der Waals surface area contributed by atoms with E-state index in [0.717, 1.165) is 34.5 Å². The summed E-state index contributed by atoms with van der Waals surface area (Å²) in [4.78, 5) is 9.49. The van der Waals surface area contributed by atoms with Gasteiger partial charge < -0.3 is 0 Å². The Morgan fingerprint density at radius 1 is 0.586 bits per heavy atom. The fourth-order valence-electron chi connectivity index (χ4n) is 3.74. The first-order chi connectivity index (χ1) is 14.4. The van der Waals surface area contributed by atoms with Gasteiger partial charge in [-0.15, -0.1) is 0 Å². The van der Waals surface area contributed by atoms with E-state index in [1.807, 2.05) is 30.5 Å². The van der Waals surface area contributed by atoms with Gasteiger partial charge in [0.2, 0.25) is 0 Å². The zero-order valence-corrected chi connectivity index (χ0v) is 16.0. The first-order valence-corrected chi connectivity index (χ1v) is 9.81. The first-order valence-electron chi connectivity index (χ1n) is 9.81. The average molecular weight is 372 g/mol. The lowest BCUT2D eigenvalue weighted by atomic mass is 9.99. The number of benzene rings is 3. The second kappa shape index (κ2) is 7.69. The highest BCUT2D eigenvalue weighted by Crippen LogP contribution is 2.25. The minimum absolute atomic E-state index is 0.848. The molecule has 0 saturated heterocycles. The summed E-state index contributed by atoms with van der Waals surface area (Å²) in [7, 11) is 0. The third-order valence-corrected chi connectivity index (χ3v) is 5.15. The van der Waals surface area contributed by atoms with Gasteiger partial charge in [0.05, 0.1) is 16.9 Å². The number of hydrogen-bond acceptors (Lipinski definition) is 2. The molecule has 0 saturated carbocycles. The van der Waals surface area contributed by atoms with Crippen molar-refractivity contribution < 1.29 is 0 Å². The van der Waals surface area contributed by atoms with Crippen LogP contribution in [0.25, 0.3) is 33.4 Å². The van der Waals surface area contributed by atoms with Gasteiger partial charge in [-0.25, -0.2) is 4.98 Å². The highest BCUT2D eigenvalue weighted by molar-refractivity contribution is 5.82. The van der Waals surface area contributed by atoms with Gasteiger partial charge in [-0.3, -0.25) is 4.98 Å². The van der Waals surface area contributed by atoms with Crippen molar-refractivity contribution in [3.63, 3.8) is 0 Å². The highest BCUT2D eigenvalue weighted by Gasteiger charge is 2.07. The molecule has 0 spiro atoms. The molecule has 0 N–H and O–H groups in total. The Bertz CT molecular complexity index is 1270. The van der Waals surface area contributed by atoms with Crippen LogP contribution in [0.1, 0.15) is 11.1 Å². The number of pyridine rings is 2. The lowest BCUT2D eigenvalue weighted by Gasteiger charge is -2.09. The maximum Gasteiger partial charge on any atom is 0.0737 e. The fourth-order valence-corrected chi connectivity index (χ4v) is 3.74. The van der Waals surface area contributed by atoms with Crippen LogP contribution in [0, 0.1) is 0 Å². The zero-order chi connectivity index (χ0) is 19.5. The zero-order valence-electron chi connectivity index (χ0n) is 16.0. The Hall–Kier alpha value is -3.78. The second-order valence-corrected chi connectivity index (χ2v) is 7.14. The van der Waals surface area contributed by atoms with E-state index in [2.05, 4.69) is 83.8 Å². The van der Waals surface area contributed by atoms with Gasteiger partial charge in [-0.2, -0.15) is 0 Å². The van der Waals surface area contributed by atoms with Crippen molar-refractivity contribution in [3.05, 3.63) is 120 Å². The van der Waals surface area contributed by atoms with E-state index in [-0.39, 0.29) is 0 Å². The van der Waals surface area contributed by atoms with Crippen molar-refractivity contribution >= 4 is 10.9 Å². The molecule has 5 aromatic rings. The molecule has 0 aliphatic carbocycles. The van der Waals surface area contributed by atoms with Gasteiger partial charge in [-0.05, 0) is 41.8 Å². The average Bonchev–Trinajstić information content (AvgIpc) is 2.80. The molecule has 0 bridgehead atoms. The van der Waals surface area contributed by atoms with E-state index < -0.39 is 0 Å². The molecule has 0 radical (unpaired) electrons. The quantitative estimate of drug-likeness (QED) is 0.357. The Morgan fingerprint density at radius 2 is 1.31 bits per heavy atom. The van der Waals surface area contributed by atoms with Crippen molar-refractivity contribution in [2.45, 2.75) is 6.42 Å². The van der Waals surface area contributed by atoms with E-state index in [0.29, 0.717) is 0 Å². The molecule has 0 atom stereocenters. The van der Waals surface area contributed by atoms with E-state index in [9.17, 15) is 0 Å². The Labute approximate surface area is 170 Å². The molecule has 0 fully saturated rings. The predicted octanol–water partition coefficient (Wildman–Crippen LogP) is 6.55. The minimum atomic E-state index is 0.848. The lowest BCUT2D eigenvalue weighted by Crippen LogP contribution is -1.93. The molecule has 5 rings (SSSR count). The van der Waals surface area contributed by atoms with Crippen LogP contribution < -0.4 is 0 Å². The standard InChI is InChI=1S/C27H20N2/c1-2-9-21(10-3-1)25-15-6-16-26(29-25)23-12-4-8-20(18-23)19-24-13-5-11-22-14-7-17-28-27(22)24/h1-18H,19H2. The second-order valence-electron chi connectivity index (χ2n) is 7.14. The van der Waals surface area contributed by atoms with Crippen molar-refractivity contribution in [2.75, 3.05) is 0 Å². The maximum absolute atomic E-state index is 4.90. The van der Waals surface area contributed by atoms with Gasteiger partial charge in [-0.1, -0.05) is 78.9 Å². The smallest absolute Gasteiger partial charge is 0.0737 e. The third-order valence-electron chi connectivity index (χ3n) is 5.15. The number of hydrogen-bond donors (Lipinski definition) is 0. The van der Waals surface area contributed by atoms with E-state index in [1.54, 1.807) is 0 Å². The molecular weight excluding hydrogens is 352 g/mol. The number of rotatable bonds is 4. The number of aromatic nitrogens is 2. The van der Waals surface area contributed by atoms with Crippen molar-refractivity contribution in [1.29, 1.82) is 0 Å². The fraction of sp³-hybridized carbons (Fsp3) is 0.0370. The number of para-hydroxylation sites is 1. The molecule has 3 aromatic carbocycles. The van der Waals surface area contributed by atoms with Crippen LogP contribution in [-0.4, -0.2) is 9.97 Å². The summed E-state index contributed by atoms with van der Waals surface area (Å²) in [5, 5.41) is 1.18. The molecule has 2 nitrogen and oxygen atoms in total. The molecule has 138 valence electrons. The summed E-state index contributed by atoms with van der Waals surface area (Å²) in [6.45, 7) is 0. The van der Waals surface area contributed by atoms with Gasteiger partial charge >= 0.3 is 0 Å². The first kappa shape index (κ1) is 17.3. The molecule has 29 heavy (non-hydrogen) atoms. The van der Waals surface area contributed by atoms with Crippen LogP contribution in [0.3, 0.4) is 0 Å². The molecule has 2 aromatic heterocycles. The summed E-state index contributed by atoms with van der Waals surface area (Å²) in [5.74, 6) is 0. The SMILES string of the molecule is c1ccc(-c2cccc(-c3cccc(Cc4cccc5cccnc45)c3)n2)cc1. The van der Waals surface area contributed by atoms with Crippen molar-refractivity contribution in [1.82, 2.24) is 9.97 Å². The third kappa shape index (κ3) is 3.65. The molecule has 0 aliphatic heterocycles. The van der Waals surface area contributed by atoms with Crippen LogP contribution in [0.5, 0.6) is 0 Å². The number of nitrogens with zero attached hydrogens (tertiary/aromatic N) is 2. The molecular formula is C27H20N2. The molecule has 0 aliphatic rings. The van der Waals surface area contributed by atoms with Gasteiger partial charge in [0.1, 0.15) is 0 Å².